The highest BCUT2D eigenvalue weighted by Crippen LogP contribution is 2.24. The molecule has 1 N–H and O–H groups in total. The van der Waals surface area contributed by atoms with Gasteiger partial charge in [0.05, 0.1) is 12.0 Å². The molecule has 0 atom stereocenters. The van der Waals surface area contributed by atoms with Crippen molar-refractivity contribution in [3.8, 4) is 0 Å². The van der Waals surface area contributed by atoms with Crippen molar-refractivity contribution < 1.29 is 19.7 Å². The zero-order valence-electron chi connectivity index (χ0n) is 10.00. The first-order chi connectivity index (χ1) is 8.99. The Morgan fingerprint density at radius 1 is 1.58 bits per heavy atom. The lowest BCUT2D eigenvalue weighted by atomic mass is 10.1. The summed E-state index contributed by atoms with van der Waals surface area (Å²) in [6, 6.07) is 4.62. The number of halogens is 1. The minimum Gasteiger partial charge on any atom is -0.464 e. The third kappa shape index (κ3) is 4.02. The van der Waals surface area contributed by atoms with Crippen LogP contribution in [-0.4, -0.2) is 28.9 Å². The fourth-order valence-electron chi connectivity index (χ4n) is 1.48. The molecule has 8 heteroatoms. The molecule has 0 aromatic heterocycles. The van der Waals surface area contributed by atoms with Crippen LogP contribution in [0.3, 0.4) is 0 Å². The number of benzene rings is 1. The average Bonchev–Trinajstić information content (AvgIpc) is 2.40. The molecule has 0 bridgehead atoms. The van der Waals surface area contributed by atoms with Gasteiger partial charge in [-0.2, -0.15) is 0 Å². The molecule has 1 aromatic rings. The van der Waals surface area contributed by atoms with Crippen molar-refractivity contribution in [3.05, 3.63) is 38.3 Å². The van der Waals surface area contributed by atoms with Crippen molar-refractivity contribution in [3.63, 3.8) is 0 Å². The highest BCUT2D eigenvalue weighted by molar-refractivity contribution is 9.10. The molecule has 0 saturated carbocycles. The quantitative estimate of drug-likeness (QED) is 0.293. The lowest BCUT2D eigenvalue weighted by Crippen LogP contribution is -2.16. The van der Waals surface area contributed by atoms with Gasteiger partial charge < -0.3 is 9.94 Å². The number of oxime groups is 1. The largest absolute Gasteiger partial charge is 0.464 e. The summed E-state index contributed by atoms with van der Waals surface area (Å²) in [6.07, 6.45) is 0.240. The van der Waals surface area contributed by atoms with Gasteiger partial charge in [0, 0.05) is 22.5 Å². The maximum atomic E-state index is 11.2. The first kappa shape index (κ1) is 15.1. The summed E-state index contributed by atoms with van der Waals surface area (Å²) in [4.78, 5) is 21.6. The van der Waals surface area contributed by atoms with Crippen molar-refractivity contribution in [2.45, 2.75) is 12.8 Å². The third-order valence-corrected chi connectivity index (χ3v) is 2.91. The monoisotopic (exact) mass is 330 g/mol. The van der Waals surface area contributed by atoms with E-state index in [0.29, 0.717) is 10.0 Å². The third-order valence-electron chi connectivity index (χ3n) is 2.42. The van der Waals surface area contributed by atoms with Crippen LogP contribution in [0, 0.1) is 10.1 Å². The summed E-state index contributed by atoms with van der Waals surface area (Å²) >= 11 is 3.15. The van der Waals surface area contributed by atoms with Crippen molar-refractivity contribution in [1.82, 2.24) is 0 Å². The Morgan fingerprint density at radius 3 is 2.79 bits per heavy atom. The van der Waals surface area contributed by atoms with Gasteiger partial charge in [0.2, 0.25) is 0 Å². The molecule has 19 heavy (non-hydrogen) atoms. The first-order valence-electron chi connectivity index (χ1n) is 5.21. The van der Waals surface area contributed by atoms with Crippen LogP contribution in [-0.2, 0) is 16.0 Å². The average molecular weight is 331 g/mol. The number of nitro groups is 1. The van der Waals surface area contributed by atoms with E-state index in [2.05, 4.69) is 25.8 Å². The van der Waals surface area contributed by atoms with Gasteiger partial charge in [-0.1, -0.05) is 27.2 Å². The van der Waals surface area contributed by atoms with Crippen LogP contribution in [0.15, 0.2) is 27.8 Å². The lowest BCUT2D eigenvalue weighted by Gasteiger charge is -2.04. The summed E-state index contributed by atoms with van der Waals surface area (Å²) in [6.45, 7) is 0. The molecule has 1 rings (SSSR count). The molecule has 0 heterocycles. The van der Waals surface area contributed by atoms with Crippen molar-refractivity contribution in [1.29, 1.82) is 0 Å². The summed E-state index contributed by atoms with van der Waals surface area (Å²) in [5, 5.41) is 22.4. The van der Waals surface area contributed by atoms with Crippen molar-refractivity contribution >= 4 is 33.3 Å². The fraction of sp³-hybridized carbons (Fsp3) is 0.273. The van der Waals surface area contributed by atoms with E-state index in [0.717, 1.165) is 7.11 Å². The van der Waals surface area contributed by atoms with Gasteiger partial charge in [-0.25, -0.2) is 4.79 Å². The number of ether oxygens (including phenoxy) is 1. The SMILES string of the molecule is COC(=O)/C(CCc1ccc(Br)cc1[N+](=O)[O-])=N/O. The summed E-state index contributed by atoms with van der Waals surface area (Å²) in [7, 11) is 1.16. The second kappa shape index (κ2) is 6.83. The summed E-state index contributed by atoms with van der Waals surface area (Å²) in [5.74, 6) is -0.762. The molecular formula is C11H11BrN2O5. The number of carbonyl (C=O) groups is 1. The Balaban J connectivity index is 2.89. The van der Waals surface area contributed by atoms with E-state index < -0.39 is 10.9 Å². The predicted molar refractivity (Wildman–Crippen MR) is 70.4 cm³/mol. The highest BCUT2D eigenvalue weighted by Gasteiger charge is 2.17. The molecule has 0 unspecified atom stereocenters. The van der Waals surface area contributed by atoms with Crippen LogP contribution in [0.5, 0.6) is 0 Å². The van der Waals surface area contributed by atoms with E-state index in [1.165, 1.54) is 6.07 Å². The number of hydrogen-bond donors (Lipinski definition) is 1. The zero-order chi connectivity index (χ0) is 14.4. The van der Waals surface area contributed by atoms with E-state index in [4.69, 9.17) is 5.21 Å². The van der Waals surface area contributed by atoms with Gasteiger partial charge in [-0.15, -0.1) is 0 Å². The van der Waals surface area contributed by atoms with E-state index in [1.54, 1.807) is 12.1 Å². The Bertz CT molecular complexity index is 530. The van der Waals surface area contributed by atoms with E-state index in [-0.39, 0.29) is 24.2 Å². The Labute approximate surface area is 117 Å². The maximum absolute atomic E-state index is 11.2. The minimum absolute atomic E-state index is 0.0473. The van der Waals surface area contributed by atoms with E-state index in [9.17, 15) is 14.9 Å². The zero-order valence-corrected chi connectivity index (χ0v) is 11.6. The van der Waals surface area contributed by atoms with Crippen molar-refractivity contribution in [2.75, 3.05) is 7.11 Å². The van der Waals surface area contributed by atoms with Gasteiger partial charge in [0.25, 0.3) is 5.69 Å². The molecule has 0 spiro atoms. The molecule has 0 radical (unpaired) electrons. The number of carbonyl (C=O) groups excluding carboxylic acids is 1. The Hall–Kier alpha value is -1.96. The molecule has 102 valence electrons. The second-order valence-electron chi connectivity index (χ2n) is 3.57. The fourth-order valence-corrected chi connectivity index (χ4v) is 1.83. The van der Waals surface area contributed by atoms with Crippen LogP contribution in [0.4, 0.5) is 5.69 Å². The molecule has 0 aliphatic rings. The number of rotatable bonds is 5. The first-order valence-corrected chi connectivity index (χ1v) is 6.01. The van der Waals surface area contributed by atoms with E-state index >= 15 is 0 Å². The van der Waals surface area contributed by atoms with E-state index in [1.807, 2.05) is 0 Å². The van der Waals surface area contributed by atoms with Gasteiger partial charge in [0.1, 0.15) is 0 Å². The topological polar surface area (TPSA) is 102 Å². The number of methoxy groups -OCH3 is 1. The predicted octanol–water partition coefficient (Wildman–Crippen LogP) is 2.29. The van der Waals surface area contributed by atoms with Gasteiger partial charge in [-0.3, -0.25) is 10.1 Å². The van der Waals surface area contributed by atoms with Gasteiger partial charge >= 0.3 is 5.97 Å². The molecular weight excluding hydrogens is 320 g/mol. The molecule has 0 aliphatic heterocycles. The van der Waals surface area contributed by atoms with Crippen LogP contribution in [0.25, 0.3) is 0 Å². The molecule has 0 saturated heterocycles. The molecule has 0 amide bonds. The number of hydrogen-bond acceptors (Lipinski definition) is 6. The standard InChI is InChI=1S/C11H11BrN2O5/c1-19-11(15)9(13-16)5-3-7-2-4-8(12)6-10(7)14(17)18/h2,4,6,16H,3,5H2,1H3/b13-9+. The van der Waals surface area contributed by atoms with Crippen LogP contribution < -0.4 is 0 Å². The lowest BCUT2D eigenvalue weighted by molar-refractivity contribution is -0.385. The van der Waals surface area contributed by atoms with Crippen LogP contribution in [0.2, 0.25) is 0 Å². The van der Waals surface area contributed by atoms with Crippen molar-refractivity contribution in [2.24, 2.45) is 5.16 Å². The molecule has 0 fully saturated rings. The number of nitro benzene ring substituents is 1. The van der Waals surface area contributed by atoms with Crippen LogP contribution >= 0.6 is 15.9 Å². The minimum atomic E-state index is -0.762. The maximum Gasteiger partial charge on any atom is 0.355 e. The summed E-state index contributed by atoms with van der Waals surface area (Å²) < 4.78 is 5.01. The number of aryl methyl sites for hydroxylation is 1. The molecule has 7 nitrogen and oxygen atoms in total. The van der Waals surface area contributed by atoms with Gasteiger partial charge in [-0.05, 0) is 12.5 Å². The highest BCUT2D eigenvalue weighted by atomic mass is 79.9. The molecule has 0 aliphatic carbocycles. The Kier molecular flexibility index (Phi) is 5.43. The summed E-state index contributed by atoms with van der Waals surface area (Å²) in [5.41, 5.74) is 0.203. The second-order valence-corrected chi connectivity index (χ2v) is 4.48. The smallest absolute Gasteiger partial charge is 0.355 e. The number of esters is 1. The molecule has 1 aromatic carbocycles. The van der Waals surface area contributed by atoms with Gasteiger partial charge in [0.15, 0.2) is 5.71 Å². The normalized spacial score (nSPS) is 11.2. The Morgan fingerprint density at radius 2 is 2.26 bits per heavy atom. The van der Waals surface area contributed by atoms with Crippen LogP contribution in [0.1, 0.15) is 12.0 Å². The number of nitrogens with zero attached hydrogens (tertiary/aromatic N) is 2.